The van der Waals surface area contributed by atoms with Crippen molar-refractivity contribution in [3.8, 4) is 0 Å². The first-order chi connectivity index (χ1) is 7.86. The number of rotatable bonds is 7. The quantitative estimate of drug-likeness (QED) is 0.484. The van der Waals surface area contributed by atoms with E-state index >= 15 is 0 Å². The summed E-state index contributed by atoms with van der Waals surface area (Å²) in [5.41, 5.74) is 0.205. The van der Waals surface area contributed by atoms with Crippen LogP contribution >= 0.6 is 0 Å². The van der Waals surface area contributed by atoms with E-state index in [-0.39, 0.29) is 30.8 Å². The van der Waals surface area contributed by atoms with Crippen molar-refractivity contribution in [2.75, 3.05) is 13.2 Å². The highest BCUT2D eigenvalue weighted by Crippen LogP contribution is 2.00. The molecule has 0 saturated heterocycles. The number of hydrogen-bond donors (Lipinski definition) is 4. The third-order valence-corrected chi connectivity index (χ3v) is 1.66. The van der Waals surface area contributed by atoms with Gasteiger partial charge in [-0.15, -0.1) is 0 Å². The molecule has 0 heterocycles. The number of carboxylic acid groups (broad SMARTS) is 2. The number of hydrogen-bond acceptors (Lipinski definition) is 4. The van der Waals surface area contributed by atoms with Gasteiger partial charge in [-0.1, -0.05) is 13.2 Å². The average molecular weight is 246 g/mol. The molecule has 17 heavy (non-hydrogen) atoms. The lowest BCUT2D eigenvalue weighted by Gasteiger charge is -1.94. The van der Waals surface area contributed by atoms with Crippen LogP contribution in [0, 0.1) is 0 Å². The van der Waals surface area contributed by atoms with E-state index in [2.05, 4.69) is 13.2 Å². The molecule has 4 N–H and O–H groups in total. The van der Waals surface area contributed by atoms with E-state index in [1.54, 1.807) is 0 Å². The minimum absolute atomic E-state index is 0.0201. The third kappa shape index (κ3) is 12.3. The molecule has 0 spiro atoms. The highest BCUT2D eigenvalue weighted by Gasteiger charge is 2.01. The third-order valence-electron chi connectivity index (χ3n) is 1.66. The van der Waals surface area contributed by atoms with Crippen molar-refractivity contribution >= 4 is 11.9 Å². The largest absolute Gasteiger partial charge is 0.478 e. The number of carbonyl (C=O) groups is 2. The summed E-state index contributed by atoms with van der Waals surface area (Å²) in [6, 6.07) is 0. The fourth-order valence-corrected chi connectivity index (χ4v) is 0.641. The maximum atomic E-state index is 10.0. The van der Waals surface area contributed by atoms with Gasteiger partial charge >= 0.3 is 11.9 Å². The van der Waals surface area contributed by atoms with Crippen LogP contribution in [0.3, 0.4) is 0 Å². The molecule has 6 heteroatoms. The number of carboxylic acids is 2. The Kier molecular flexibility index (Phi) is 11.3. The highest BCUT2D eigenvalue weighted by atomic mass is 16.4. The van der Waals surface area contributed by atoms with Crippen molar-refractivity contribution < 1.29 is 30.0 Å². The number of aliphatic carboxylic acids is 2. The van der Waals surface area contributed by atoms with Crippen LogP contribution in [-0.4, -0.2) is 45.6 Å². The van der Waals surface area contributed by atoms with E-state index in [1.165, 1.54) is 0 Å². The van der Waals surface area contributed by atoms with Crippen LogP contribution < -0.4 is 0 Å². The zero-order valence-electron chi connectivity index (χ0n) is 9.56. The summed E-state index contributed by atoms with van der Waals surface area (Å²) < 4.78 is 0. The van der Waals surface area contributed by atoms with Crippen LogP contribution in [0.25, 0.3) is 0 Å². The molecule has 0 unspecified atom stereocenters. The lowest BCUT2D eigenvalue weighted by Crippen LogP contribution is -2.00. The van der Waals surface area contributed by atoms with Crippen LogP contribution in [0.2, 0.25) is 0 Å². The highest BCUT2D eigenvalue weighted by molar-refractivity contribution is 5.85. The molecule has 0 atom stereocenters. The van der Waals surface area contributed by atoms with Gasteiger partial charge in [0.05, 0.1) is 0 Å². The molecule has 0 aliphatic heterocycles. The molecule has 0 rings (SSSR count). The van der Waals surface area contributed by atoms with Crippen molar-refractivity contribution in [3.63, 3.8) is 0 Å². The van der Waals surface area contributed by atoms with Gasteiger partial charge in [-0.3, -0.25) is 0 Å². The molecular formula is C11H18O6. The Balaban J connectivity index is 0. The van der Waals surface area contributed by atoms with Gasteiger partial charge in [-0.25, -0.2) is 9.59 Å². The van der Waals surface area contributed by atoms with Gasteiger partial charge in [0, 0.05) is 30.8 Å². The molecule has 0 amide bonds. The Morgan fingerprint density at radius 2 is 1.24 bits per heavy atom. The normalized spacial score (nSPS) is 8.82. The molecule has 98 valence electrons. The van der Waals surface area contributed by atoms with E-state index in [9.17, 15) is 9.59 Å². The maximum absolute atomic E-state index is 10.0. The van der Waals surface area contributed by atoms with Crippen LogP contribution in [0.1, 0.15) is 19.3 Å². The van der Waals surface area contributed by atoms with E-state index < -0.39 is 11.9 Å². The molecule has 0 radical (unpaired) electrons. The van der Waals surface area contributed by atoms with Gasteiger partial charge < -0.3 is 20.4 Å². The summed E-state index contributed by atoms with van der Waals surface area (Å²) in [5, 5.41) is 32.8. The van der Waals surface area contributed by atoms with Gasteiger partial charge in [0.2, 0.25) is 0 Å². The van der Waals surface area contributed by atoms with Crippen LogP contribution in [0.15, 0.2) is 24.3 Å². The summed E-state index contributed by atoms with van der Waals surface area (Å²) in [6.45, 7) is 6.34. The Hall–Kier alpha value is -1.66. The second-order valence-corrected chi connectivity index (χ2v) is 3.12. The van der Waals surface area contributed by atoms with Crippen molar-refractivity contribution in [1.29, 1.82) is 0 Å². The predicted molar refractivity (Wildman–Crippen MR) is 61.6 cm³/mol. The second kappa shape index (κ2) is 10.8. The monoisotopic (exact) mass is 246 g/mol. The van der Waals surface area contributed by atoms with E-state index in [4.69, 9.17) is 20.4 Å². The Labute approximate surface area is 99.5 Å². The topological polar surface area (TPSA) is 115 Å². The Morgan fingerprint density at radius 1 is 0.824 bits per heavy atom. The smallest absolute Gasteiger partial charge is 0.331 e. The summed E-state index contributed by atoms with van der Waals surface area (Å²) >= 11 is 0. The van der Waals surface area contributed by atoms with Gasteiger partial charge in [-0.05, 0) is 12.8 Å². The minimum atomic E-state index is -1.04. The van der Waals surface area contributed by atoms with Crippen LogP contribution in [0.4, 0.5) is 0 Å². The molecule has 0 bridgehead atoms. The van der Waals surface area contributed by atoms with Crippen LogP contribution in [-0.2, 0) is 9.59 Å². The summed E-state index contributed by atoms with van der Waals surface area (Å²) in [6.07, 6.45) is 0.992. The van der Waals surface area contributed by atoms with E-state index in [0.717, 1.165) is 0 Å². The van der Waals surface area contributed by atoms with Gasteiger partial charge in [0.15, 0.2) is 0 Å². The number of aliphatic hydroxyl groups excluding tert-OH is 2. The lowest BCUT2D eigenvalue weighted by molar-refractivity contribution is -0.133. The van der Waals surface area contributed by atoms with Crippen molar-refractivity contribution in [3.05, 3.63) is 24.3 Å². The zero-order valence-corrected chi connectivity index (χ0v) is 9.56. The van der Waals surface area contributed by atoms with E-state index in [1.807, 2.05) is 0 Å². The fourth-order valence-electron chi connectivity index (χ4n) is 0.641. The lowest BCUT2D eigenvalue weighted by atomic mass is 10.2. The van der Waals surface area contributed by atoms with E-state index in [0.29, 0.717) is 12.8 Å². The first kappa shape index (κ1) is 17.7. The SMILES string of the molecule is C=C(CCCO)C(=O)O.C=C(CCO)C(=O)O. The van der Waals surface area contributed by atoms with Gasteiger partial charge in [-0.2, -0.15) is 0 Å². The molecule has 0 aliphatic carbocycles. The Bertz CT molecular complexity index is 282. The Morgan fingerprint density at radius 3 is 1.47 bits per heavy atom. The van der Waals surface area contributed by atoms with Crippen LogP contribution in [0.5, 0.6) is 0 Å². The second-order valence-electron chi connectivity index (χ2n) is 3.12. The molecule has 0 fully saturated rings. The van der Waals surface area contributed by atoms with Crippen molar-refractivity contribution in [1.82, 2.24) is 0 Å². The maximum Gasteiger partial charge on any atom is 0.331 e. The summed E-state index contributed by atoms with van der Waals surface area (Å²) in [7, 11) is 0. The number of aliphatic hydroxyl groups is 2. The van der Waals surface area contributed by atoms with Crippen molar-refractivity contribution in [2.24, 2.45) is 0 Å². The first-order valence-corrected chi connectivity index (χ1v) is 4.90. The van der Waals surface area contributed by atoms with Crippen molar-refractivity contribution in [2.45, 2.75) is 19.3 Å². The predicted octanol–water partition coefficient (Wildman–Crippen LogP) is 0.409. The molecule has 0 aliphatic rings. The molecule has 0 aromatic rings. The summed E-state index contributed by atoms with van der Waals surface area (Å²) in [4.78, 5) is 19.9. The molecule has 6 nitrogen and oxygen atoms in total. The standard InChI is InChI=1S/C6H10O3.C5H8O3/c1-5(6(8)9)3-2-4-7;1-4(2-3-6)5(7)8/h7H,1-4H2,(H,8,9);6H,1-3H2,(H,7,8). The van der Waals surface area contributed by atoms with Gasteiger partial charge in [0.25, 0.3) is 0 Å². The average Bonchev–Trinajstić information content (AvgIpc) is 2.26. The molecular weight excluding hydrogens is 228 g/mol. The zero-order chi connectivity index (χ0) is 13.8. The van der Waals surface area contributed by atoms with Gasteiger partial charge in [0.1, 0.15) is 0 Å². The first-order valence-electron chi connectivity index (χ1n) is 4.90. The molecule has 0 aromatic heterocycles. The minimum Gasteiger partial charge on any atom is -0.478 e. The molecule has 0 saturated carbocycles. The fraction of sp³-hybridized carbons (Fsp3) is 0.455. The summed E-state index contributed by atoms with van der Waals surface area (Å²) in [5.74, 6) is -2.03. The molecule has 0 aromatic carbocycles.